The number of thioether (sulfide) groups is 1. The van der Waals surface area contributed by atoms with E-state index in [0.29, 0.717) is 17.7 Å². The van der Waals surface area contributed by atoms with Crippen LogP contribution in [0.4, 0.5) is 11.4 Å². The summed E-state index contributed by atoms with van der Waals surface area (Å²) < 4.78 is 5.32. The lowest BCUT2D eigenvalue weighted by Crippen LogP contribution is -2.44. The molecule has 0 saturated carbocycles. The predicted molar refractivity (Wildman–Crippen MR) is 142 cm³/mol. The van der Waals surface area contributed by atoms with Crippen molar-refractivity contribution < 1.29 is 24.0 Å². The predicted octanol–water partition coefficient (Wildman–Crippen LogP) is 4.97. The van der Waals surface area contributed by atoms with Crippen LogP contribution in [-0.2, 0) is 19.7 Å². The molecule has 11 heteroatoms. The van der Waals surface area contributed by atoms with Crippen molar-refractivity contribution in [3.63, 3.8) is 0 Å². The number of hydrogen-bond donors (Lipinski definition) is 2. The number of carbonyl (C=O) groups is 3. The summed E-state index contributed by atoms with van der Waals surface area (Å²) in [4.78, 5) is 48.4. The summed E-state index contributed by atoms with van der Waals surface area (Å²) in [5.74, 6) is -1.26. The Hall–Kier alpha value is -3.11. The molecule has 0 fully saturated rings. The van der Waals surface area contributed by atoms with Crippen LogP contribution in [0.25, 0.3) is 0 Å². The number of hydrogen-bond acceptors (Lipinski definition) is 7. The Bertz CT molecular complexity index is 1120. The van der Waals surface area contributed by atoms with E-state index in [-0.39, 0.29) is 21.8 Å². The number of nitrogens with zero attached hydrogens (tertiary/aromatic N) is 1. The molecular formula is C25H30ClN3O6S. The van der Waals surface area contributed by atoms with Crippen LogP contribution < -0.4 is 10.6 Å². The molecule has 2 atom stereocenters. The highest BCUT2D eigenvalue weighted by Gasteiger charge is 2.27. The lowest BCUT2D eigenvalue weighted by molar-refractivity contribution is -0.384. The van der Waals surface area contributed by atoms with Gasteiger partial charge in [0.1, 0.15) is 6.04 Å². The summed E-state index contributed by atoms with van der Waals surface area (Å²) in [6.45, 7) is 7.60. The van der Waals surface area contributed by atoms with E-state index in [0.717, 1.165) is 11.6 Å². The normalized spacial score (nSPS) is 12.8. The lowest BCUT2D eigenvalue weighted by atomic mass is 9.86. The third-order valence-corrected chi connectivity index (χ3v) is 6.25. The number of anilines is 1. The molecule has 0 spiro atoms. The summed E-state index contributed by atoms with van der Waals surface area (Å²) in [6.07, 6.45) is 0.983. The monoisotopic (exact) mass is 535 g/mol. The lowest BCUT2D eigenvalue weighted by Gasteiger charge is -2.21. The van der Waals surface area contributed by atoms with E-state index in [2.05, 4.69) is 31.4 Å². The van der Waals surface area contributed by atoms with E-state index < -0.39 is 34.9 Å². The van der Waals surface area contributed by atoms with Gasteiger partial charge in [0.05, 0.1) is 15.6 Å². The molecule has 194 valence electrons. The molecule has 0 radical (unpaired) electrons. The summed E-state index contributed by atoms with van der Waals surface area (Å²) in [5.41, 5.74) is 1.34. The zero-order valence-electron chi connectivity index (χ0n) is 20.8. The molecule has 0 aliphatic heterocycles. The van der Waals surface area contributed by atoms with Crippen LogP contribution in [-0.4, -0.2) is 46.9 Å². The van der Waals surface area contributed by atoms with Crippen molar-refractivity contribution in [1.29, 1.82) is 0 Å². The first-order valence-corrected chi connectivity index (χ1v) is 13.0. The second kappa shape index (κ2) is 12.7. The van der Waals surface area contributed by atoms with E-state index in [1.807, 2.05) is 18.4 Å². The molecule has 2 aromatic carbocycles. The molecule has 2 rings (SSSR count). The Labute approximate surface area is 219 Å². The summed E-state index contributed by atoms with van der Waals surface area (Å²) in [5, 5.41) is 16.0. The van der Waals surface area contributed by atoms with Gasteiger partial charge in [-0.05, 0) is 54.5 Å². The molecular weight excluding hydrogens is 506 g/mol. The highest BCUT2D eigenvalue weighted by atomic mass is 35.5. The number of non-ortho nitro benzene ring substituents is 1. The van der Waals surface area contributed by atoms with Crippen molar-refractivity contribution in [2.24, 2.45) is 0 Å². The Kier molecular flexibility index (Phi) is 10.3. The van der Waals surface area contributed by atoms with Gasteiger partial charge in [0.2, 0.25) is 0 Å². The van der Waals surface area contributed by atoms with Gasteiger partial charge in [0, 0.05) is 17.7 Å². The van der Waals surface area contributed by atoms with Gasteiger partial charge >= 0.3 is 5.97 Å². The molecule has 9 nitrogen and oxygen atoms in total. The maximum atomic E-state index is 12.8. The molecule has 0 aromatic heterocycles. The SMILES string of the molecule is CSCC[C@H](NC(=O)c1ccc(C(C)(C)C)cc1)C(=O)O[C@@H](C)C(=O)Nc1ccc([N+](=O)[O-])cc1Cl. The highest BCUT2D eigenvalue weighted by molar-refractivity contribution is 7.98. The molecule has 0 unspecified atom stereocenters. The number of benzene rings is 2. The molecule has 2 N–H and O–H groups in total. The average Bonchev–Trinajstić information content (AvgIpc) is 2.82. The zero-order chi connectivity index (χ0) is 27.0. The average molecular weight is 536 g/mol. The quantitative estimate of drug-likeness (QED) is 0.250. The van der Waals surface area contributed by atoms with Crippen LogP contribution in [0.15, 0.2) is 42.5 Å². The number of ether oxygens (including phenoxy) is 1. The Morgan fingerprint density at radius 2 is 1.78 bits per heavy atom. The first-order chi connectivity index (χ1) is 16.8. The van der Waals surface area contributed by atoms with Crippen molar-refractivity contribution in [2.75, 3.05) is 17.3 Å². The van der Waals surface area contributed by atoms with Gasteiger partial charge in [0.25, 0.3) is 17.5 Å². The van der Waals surface area contributed by atoms with Crippen LogP contribution in [0.2, 0.25) is 5.02 Å². The van der Waals surface area contributed by atoms with E-state index in [4.69, 9.17) is 16.3 Å². The zero-order valence-corrected chi connectivity index (χ0v) is 22.4. The number of nitro benzene ring substituents is 1. The fourth-order valence-corrected chi connectivity index (χ4v) is 3.80. The van der Waals surface area contributed by atoms with Crippen LogP contribution >= 0.6 is 23.4 Å². The van der Waals surface area contributed by atoms with Gasteiger partial charge in [-0.15, -0.1) is 0 Å². The maximum absolute atomic E-state index is 12.8. The Morgan fingerprint density at radius 3 is 2.31 bits per heavy atom. The van der Waals surface area contributed by atoms with E-state index in [1.165, 1.54) is 30.8 Å². The molecule has 0 aliphatic carbocycles. The van der Waals surface area contributed by atoms with Gasteiger partial charge in [-0.3, -0.25) is 19.7 Å². The number of carbonyl (C=O) groups excluding carboxylic acids is 3. The minimum atomic E-state index is -1.21. The third-order valence-electron chi connectivity index (χ3n) is 5.30. The molecule has 0 aliphatic rings. The van der Waals surface area contributed by atoms with Crippen LogP contribution in [0.1, 0.15) is 50.0 Å². The van der Waals surface area contributed by atoms with Crippen LogP contribution in [0.3, 0.4) is 0 Å². The second-order valence-corrected chi connectivity index (χ2v) is 10.5. The summed E-state index contributed by atoms with van der Waals surface area (Å²) in [7, 11) is 0. The van der Waals surface area contributed by atoms with Crippen LogP contribution in [0, 0.1) is 10.1 Å². The van der Waals surface area contributed by atoms with Crippen molar-refractivity contribution in [3.8, 4) is 0 Å². The maximum Gasteiger partial charge on any atom is 0.329 e. The van der Waals surface area contributed by atoms with Crippen molar-refractivity contribution in [3.05, 3.63) is 68.7 Å². The largest absolute Gasteiger partial charge is 0.451 e. The molecule has 0 saturated heterocycles. The third kappa shape index (κ3) is 8.23. The number of halogens is 1. The van der Waals surface area contributed by atoms with E-state index in [1.54, 1.807) is 12.1 Å². The van der Waals surface area contributed by atoms with Gasteiger partial charge in [0.15, 0.2) is 6.10 Å². The Balaban J connectivity index is 2.05. The smallest absolute Gasteiger partial charge is 0.329 e. The fourth-order valence-electron chi connectivity index (χ4n) is 3.11. The number of nitro groups is 1. The van der Waals surface area contributed by atoms with Crippen molar-refractivity contribution >= 4 is 52.5 Å². The fraction of sp³-hybridized carbons (Fsp3) is 0.400. The van der Waals surface area contributed by atoms with E-state index in [9.17, 15) is 24.5 Å². The molecule has 2 aromatic rings. The van der Waals surface area contributed by atoms with Crippen molar-refractivity contribution in [2.45, 2.75) is 51.7 Å². The second-order valence-electron chi connectivity index (χ2n) is 9.12. The van der Waals surface area contributed by atoms with Crippen molar-refractivity contribution in [1.82, 2.24) is 5.32 Å². The van der Waals surface area contributed by atoms with Gasteiger partial charge < -0.3 is 15.4 Å². The molecule has 2 amide bonds. The Morgan fingerprint density at radius 1 is 1.14 bits per heavy atom. The number of nitrogens with one attached hydrogen (secondary N) is 2. The number of esters is 1. The van der Waals surface area contributed by atoms with Gasteiger partial charge in [-0.1, -0.05) is 44.5 Å². The first kappa shape index (κ1) is 29.1. The minimum Gasteiger partial charge on any atom is -0.451 e. The first-order valence-electron chi connectivity index (χ1n) is 11.2. The highest BCUT2D eigenvalue weighted by Crippen LogP contribution is 2.27. The van der Waals surface area contributed by atoms with Gasteiger partial charge in [-0.2, -0.15) is 11.8 Å². The molecule has 36 heavy (non-hydrogen) atoms. The summed E-state index contributed by atoms with van der Waals surface area (Å²) >= 11 is 7.51. The van der Waals surface area contributed by atoms with Crippen LogP contribution in [0.5, 0.6) is 0 Å². The van der Waals surface area contributed by atoms with Gasteiger partial charge in [-0.25, -0.2) is 4.79 Å². The minimum absolute atomic E-state index is 0.0290. The molecule has 0 bridgehead atoms. The topological polar surface area (TPSA) is 128 Å². The standard InChI is InChI=1S/C25H30ClN3O6S/c1-15(22(30)27-20-11-10-18(29(33)34)14-19(20)26)35-24(32)21(12-13-36-5)28-23(31)16-6-8-17(9-7-16)25(2,3)4/h6-11,14-15,21H,12-13H2,1-5H3,(H,27,30)(H,28,31)/t15-,21-/m0/s1. The number of rotatable bonds is 10. The number of amides is 2. The van der Waals surface area contributed by atoms with E-state index >= 15 is 0 Å². The molecule has 0 heterocycles. The summed E-state index contributed by atoms with van der Waals surface area (Å²) in [6, 6.07) is 9.80.